The lowest BCUT2D eigenvalue weighted by atomic mass is 10.1. The summed E-state index contributed by atoms with van der Waals surface area (Å²) < 4.78 is 15.4. The van der Waals surface area contributed by atoms with Crippen molar-refractivity contribution < 1.29 is 17.3 Å². The predicted molar refractivity (Wildman–Crippen MR) is 84.7 cm³/mol. The first-order chi connectivity index (χ1) is 9.27. The van der Waals surface area contributed by atoms with Crippen LogP contribution in [0.3, 0.4) is 0 Å². The monoisotopic (exact) mass is 403 g/mol. The SMILES string of the molecule is CSC1CCN(C(=O)COCCOCCOI)CC1. The topological polar surface area (TPSA) is 48.0 Å². The molecule has 112 valence electrons. The summed E-state index contributed by atoms with van der Waals surface area (Å²) in [5.41, 5.74) is 0. The molecular weight excluding hydrogens is 381 g/mol. The van der Waals surface area contributed by atoms with E-state index in [9.17, 15) is 4.79 Å². The summed E-state index contributed by atoms with van der Waals surface area (Å²) in [6, 6.07) is 0. The number of likely N-dealkylation sites (tertiary alicyclic amines) is 1. The van der Waals surface area contributed by atoms with Crippen LogP contribution < -0.4 is 0 Å². The van der Waals surface area contributed by atoms with Crippen molar-refractivity contribution in [1.82, 2.24) is 4.90 Å². The molecule has 0 radical (unpaired) electrons. The van der Waals surface area contributed by atoms with Gasteiger partial charge in [-0.05, 0) is 19.1 Å². The number of hydrogen-bond donors (Lipinski definition) is 0. The summed E-state index contributed by atoms with van der Waals surface area (Å²) in [6.07, 6.45) is 4.31. The van der Waals surface area contributed by atoms with E-state index in [4.69, 9.17) is 12.5 Å². The summed E-state index contributed by atoms with van der Waals surface area (Å²) in [6.45, 7) is 3.97. The number of ether oxygens (including phenoxy) is 2. The number of thioether (sulfide) groups is 1. The molecule has 1 rings (SSSR count). The molecule has 1 aliphatic rings. The molecule has 0 aromatic carbocycles. The van der Waals surface area contributed by atoms with Gasteiger partial charge < -0.3 is 17.4 Å². The van der Waals surface area contributed by atoms with Crippen molar-refractivity contribution in [1.29, 1.82) is 0 Å². The van der Waals surface area contributed by atoms with Crippen LogP contribution in [0.5, 0.6) is 0 Å². The molecule has 0 N–H and O–H groups in total. The van der Waals surface area contributed by atoms with E-state index < -0.39 is 0 Å². The number of amides is 1. The molecule has 0 saturated carbocycles. The van der Waals surface area contributed by atoms with Gasteiger partial charge >= 0.3 is 0 Å². The number of rotatable bonds is 9. The highest BCUT2D eigenvalue weighted by Gasteiger charge is 2.21. The van der Waals surface area contributed by atoms with Crippen molar-refractivity contribution in [3.63, 3.8) is 0 Å². The van der Waals surface area contributed by atoms with Gasteiger partial charge in [0.2, 0.25) is 5.91 Å². The number of carbonyl (C=O) groups is 1. The fourth-order valence-electron chi connectivity index (χ4n) is 1.90. The Bertz CT molecular complexity index is 250. The molecule has 0 aliphatic carbocycles. The van der Waals surface area contributed by atoms with Gasteiger partial charge in [-0.2, -0.15) is 11.8 Å². The zero-order chi connectivity index (χ0) is 13.9. The molecule has 1 saturated heterocycles. The highest BCUT2D eigenvalue weighted by atomic mass is 127. The molecule has 7 heteroatoms. The van der Waals surface area contributed by atoms with Gasteiger partial charge in [-0.15, -0.1) is 0 Å². The Balaban J connectivity index is 1.99. The summed E-state index contributed by atoms with van der Waals surface area (Å²) in [7, 11) is 0. The molecule has 0 spiro atoms. The molecule has 0 atom stereocenters. The van der Waals surface area contributed by atoms with Crippen molar-refractivity contribution in [3.05, 3.63) is 0 Å². The van der Waals surface area contributed by atoms with Crippen molar-refractivity contribution >= 4 is 40.7 Å². The van der Waals surface area contributed by atoms with Gasteiger partial charge in [0.05, 0.1) is 26.4 Å². The van der Waals surface area contributed by atoms with Crippen LogP contribution in [0.1, 0.15) is 12.8 Å². The Kier molecular flexibility index (Phi) is 10.2. The molecule has 0 aromatic heterocycles. The Hall–Kier alpha value is 0.430. The van der Waals surface area contributed by atoms with E-state index in [2.05, 4.69) is 6.26 Å². The van der Waals surface area contributed by atoms with Crippen LogP contribution in [0.15, 0.2) is 0 Å². The van der Waals surface area contributed by atoms with Crippen LogP contribution in [0.4, 0.5) is 0 Å². The lowest BCUT2D eigenvalue weighted by molar-refractivity contribution is -0.137. The largest absolute Gasteiger partial charge is 0.377 e. The number of hydrogen-bond acceptors (Lipinski definition) is 5. The molecular formula is C12H22INO4S. The third kappa shape index (κ3) is 7.69. The fourth-order valence-corrected chi connectivity index (χ4v) is 2.76. The van der Waals surface area contributed by atoms with Crippen LogP contribution in [0, 0.1) is 0 Å². The number of piperidine rings is 1. The molecule has 5 nitrogen and oxygen atoms in total. The van der Waals surface area contributed by atoms with E-state index in [1.807, 2.05) is 39.7 Å². The lowest BCUT2D eigenvalue weighted by Gasteiger charge is -2.31. The first kappa shape index (κ1) is 17.5. The second-order valence-electron chi connectivity index (χ2n) is 4.29. The summed E-state index contributed by atoms with van der Waals surface area (Å²) >= 11 is 3.72. The van der Waals surface area contributed by atoms with Gasteiger partial charge in [-0.3, -0.25) is 4.79 Å². The molecule has 0 bridgehead atoms. The number of nitrogens with zero attached hydrogens (tertiary/aromatic N) is 1. The maximum atomic E-state index is 11.9. The third-order valence-electron chi connectivity index (χ3n) is 3.03. The average molecular weight is 403 g/mol. The Morgan fingerprint density at radius 2 is 1.84 bits per heavy atom. The zero-order valence-electron chi connectivity index (χ0n) is 11.3. The first-order valence-corrected chi connectivity index (χ1v) is 8.64. The van der Waals surface area contributed by atoms with E-state index in [1.54, 1.807) is 0 Å². The van der Waals surface area contributed by atoms with Crippen molar-refractivity contribution in [2.45, 2.75) is 18.1 Å². The predicted octanol–water partition coefficient (Wildman–Crippen LogP) is 1.74. The average Bonchev–Trinajstić information content (AvgIpc) is 2.46. The van der Waals surface area contributed by atoms with Gasteiger partial charge in [-0.1, -0.05) is 0 Å². The van der Waals surface area contributed by atoms with E-state index >= 15 is 0 Å². The molecule has 19 heavy (non-hydrogen) atoms. The number of halogens is 1. The Morgan fingerprint density at radius 3 is 2.47 bits per heavy atom. The molecule has 1 fully saturated rings. The van der Waals surface area contributed by atoms with Crippen LogP contribution in [-0.4, -0.2) is 68.4 Å². The van der Waals surface area contributed by atoms with Crippen molar-refractivity contribution in [2.24, 2.45) is 0 Å². The second kappa shape index (κ2) is 11.1. The molecule has 1 heterocycles. The van der Waals surface area contributed by atoms with Crippen molar-refractivity contribution in [3.8, 4) is 0 Å². The zero-order valence-corrected chi connectivity index (χ0v) is 14.3. The maximum absolute atomic E-state index is 11.9. The minimum absolute atomic E-state index is 0.0927. The second-order valence-corrected chi connectivity index (χ2v) is 6.05. The maximum Gasteiger partial charge on any atom is 0.248 e. The van der Waals surface area contributed by atoms with Crippen LogP contribution in [0.25, 0.3) is 0 Å². The smallest absolute Gasteiger partial charge is 0.248 e. The standard InChI is InChI=1S/C12H22INO4S/c1-19-11-2-4-14(5-3-11)12(15)10-17-7-6-16-8-9-18-13/h11H,2-10H2,1H3. The molecule has 1 amide bonds. The van der Waals surface area contributed by atoms with Gasteiger partial charge in [0.1, 0.15) is 29.6 Å². The van der Waals surface area contributed by atoms with E-state index in [-0.39, 0.29) is 12.5 Å². The third-order valence-corrected chi connectivity index (χ3v) is 4.61. The van der Waals surface area contributed by atoms with Gasteiger partial charge in [0.25, 0.3) is 0 Å². The van der Waals surface area contributed by atoms with E-state index in [1.165, 1.54) is 0 Å². The van der Waals surface area contributed by atoms with Crippen LogP contribution in [-0.2, 0) is 17.3 Å². The molecule has 0 aromatic rings. The normalized spacial score (nSPS) is 16.8. The summed E-state index contributed by atoms with van der Waals surface area (Å²) in [4.78, 5) is 13.8. The van der Waals surface area contributed by atoms with Crippen LogP contribution in [0.2, 0.25) is 0 Å². The quantitative estimate of drug-likeness (QED) is 0.434. The number of carbonyl (C=O) groups excluding carboxylic acids is 1. The summed E-state index contributed by atoms with van der Waals surface area (Å²) in [5, 5.41) is 0.707. The fraction of sp³-hybridized carbons (Fsp3) is 0.917. The van der Waals surface area contributed by atoms with Gasteiger partial charge in [-0.25, -0.2) is 0 Å². The highest BCUT2D eigenvalue weighted by Crippen LogP contribution is 2.20. The molecule has 0 unspecified atom stereocenters. The van der Waals surface area contributed by atoms with Gasteiger partial charge in [0.15, 0.2) is 0 Å². The summed E-state index contributed by atoms with van der Waals surface area (Å²) in [5.74, 6) is 0.0927. The lowest BCUT2D eigenvalue weighted by Crippen LogP contribution is -2.41. The minimum atomic E-state index is 0.0927. The minimum Gasteiger partial charge on any atom is -0.377 e. The van der Waals surface area contributed by atoms with E-state index in [0.717, 1.165) is 25.9 Å². The molecule has 1 aliphatic heterocycles. The van der Waals surface area contributed by atoms with Crippen molar-refractivity contribution in [2.75, 3.05) is 52.4 Å². The first-order valence-electron chi connectivity index (χ1n) is 6.47. The Morgan fingerprint density at radius 1 is 1.21 bits per heavy atom. The van der Waals surface area contributed by atoms with E-state index in [0.29, 0.717) is 31.7 Å². The highest BCUT2D eigenvalue weighted by molar-refractivity contribution is 14.1. The Labute approximate surface area is 133 Å². The van der Waals surface area contributed by atoms with Gasteiger partial charge in [0, 0.05) is 18.3 Å². The van der Waals surface area contributed by atoms with Crippen LogP contribution >= 0.6 is 34.8 Å².